The van der Waals surface area contributed by atoms with Crippen molar-refractivity contribution in [2.75, 3.05) is 0 Å². The topological polar surface area (TPSA) is 29.9 Å². The minimum absolute atomic E-state index is 0.719. The van der Waals surface area contributed by atoms with Gasteiger partial charge in [0.15, 0.2) is 0 Å². The van der Waals surface area contributed by atoms with Crippen LogP contribution in [0.1, 0.15) is 31.9 Å². The number of hydrogen-bond donors (Lipinski definition) is 1. The summed E-state index contributed by atoms with van der Waals surface area (Å²) in [7, 11) is 0. The quantitative estimate of drug-likeness (QED) is 0.813. The third kappa shape index (κ3) is 2.28. The zero-order valence-corrected chi connectivity index (χ0v) is 9.22. The van der Waals surface area contributed by atoms with Crippen molar-refractivity contribution in [1.29, 1.82) is 0 Å². The Morgan fingerprint density at radius 3 is 3.07 bits per heavy atom. The lowest BCUT2D eigenvalue weighted by Crippen LogP contribution is -2.18. The Morgan fingerprint density at radius 2 is 2.43 bits per heavy atom. The van der Waals surface area contributed by atoms with Crippen LogP contribution < -0.4 is 5.32 Å². The van der Waals surface area contributed by atoms with Crippen molar-refractivity contribution in [2.24, 2.45) is 0 Å². The number of nitrogens with one attached hydrogen (secondary N) is 1. The van der Waals surface area contributed by atoms with E-state index in [1.165, 1.54) is 12.8 Å². The van der Waals surface area contributed by atoms with Crippen LogP contribution in [0.5, 0.6) is 0 Å². The van der Waals surface area contributed by atoms with Gasteiger partial charge in [-0.3, -0.25) is 4.68 Å². The molecule has 0 bridgehead atoms. The van der Waals surface area contributed by atoms with Crippen LogP contribution in [0.15, 0.2) is 6.20 Å². The predicted octanol–water partition coefficient (Wildman–Crippen LogP) is 2.20. The number of aromatic nitrogens is 2. The molecule has 0 aromatic carbocycles. The van der Waals surface area contributed by atoms with E-state index in [1.54, 1.807) is 6.20 Å². The standard InChI is InChI=1S/C10H16ClN3/c1-2-5-14-10(9(11)6-13-14)7-12-8-3-4-8/h6,8,12H,2-5,7H2,1H3. The zero-order valence-electron chi connectivity index (χ0n) is 8.46. The molecule has 1 aromatic heterocycles. The van der Waals surface area contributed by atoms with Crippen molar-refractivity contribution in [1.82, 2.24) is 15.1 Å². The van der Waals surface area contributed by atoms with Crippen molar-refractivity contribution < 1.29 is 0 Å². The Kier molecular flexibility index (Phi) is 3.08. The summed E-state index contributed by atoms with van der Waals surface area (Å²) in [4.78, 5) is 0. The number of nitrogens with zero attached hydrogens (tertiary/aromatic N) is 2. The van der Waals surface area contributed by atoms with Gasteiger partial charge < -0.3 is 5.32 Å². The van der Waals surface area contributed by atoms with E-state index in [2.05, 4.69) is 17.3 Å². The SMILES string of the molecule is CCCn1ncc(Cl)c1CNC1CC1. The molecule has 0 unspecified atom stereocenters. The molecule has 2 rings (SSSR count). The Balaban J connectivity index is 2.00. The number of aryl methyl sites for hydroxylation is 1. The molecule has 0 spiro atoms. The molecule has 78 valence electrons. The van der Waals surface area contributed by atoms with E-state index >= 15 is 0 Å². The lowest BCUT2D eigenvalue weighted by atomic mass is 10.4. The second-order valence-corrected chi connectivity index (χ2v) is 4.22. The molecule has 0 aliphatic heterocycles. The smallest absolute Gasteiger partial charge is 0.0831 e. The molecular weight excluding hydrogens is 198 g/mol. The maximum atomic E-state index is 6.06. The highest BCUT2D eigenvalue weighted by atomic mass is 35.5. The molecule has 1 aliphatic carbocycles. The fourth-order valence-electron chi connectivity index (χ4n) is 1.50. The molecule has 1 heterocycles. The average molecular weight is 214 g/mol. The molecule has 1 aromatic rings. The second-order valence-electron chi connectivity index (χ2n) is 3.82. The summed E-state index contributed by atoms with van der Waals surface area (Å²) in [6, 6.07) is 0.719. The van der Waals surface area contributed by atoms with Crippen LogP contribution in [0.25, 0.3) is 0 Å². The van der Waals surface area contributed by atoms with Gasteiger partial charge in [-0.2, -0.15) is 5.10 Å². The Morgan fingerprint density at radius 1 is 1.64 bits per heavy atom. The monoisotopic (exact) mass is 213 g/mol. The van der Waals surface area contributed by atoms with E-state index in [0.29, 0.717) is 0 Å². The third-order valence-corrected chi connectivity index (χ3v) is 2.78. The maximum absolute atomic E-state index is 6.06. The molecule has 0 radical (unpaired) electrons. The molecule has 0 saturated heterocycles. The van der Waals surface area contributed by atoms with E-state index in [4.69, 9.17) is 11.6 Å². The first-order chi connectivity index (χ1) is 6.81. The minimum Gasteiger partial charge on any atom is -0.308 e. The van der Waals surface area contributed by atoms with E-state index < -0.39 is 0 Å². The third-order valence-electron chi connectivity index (χ3n) is 2.47. The first kappa shape index (κ1) is 9.99. The van der Waals surface area contributed by atoms with Gasteiger partial charge in [0.1, 0.15) is 0 Å². The molecule has 1 fully saturated rings. The average Bonchev–Trinajstić information content (AvgIpc) is 2.93. The fraction of sp³-hybridized carbons (Fsp3) is 0.700. The molecule has 0 atom stereocenters. The highest BCUT2D eigenvalue weighted by Crippen LogP contribution is 2.21. The van der Waals surface area contributed by atoms with Crippen LogP contribution in [0.3, 0.4) is 0 Å². The number of rotatable bonds is 5. The van der Waals surface area contributed by atoms with Crippen molar-refractivity contribution in [3.63, 3.8) is 0 Å². The number of halogens is 1. The summed E-state index contributed by atoms with van der Waals surface area (Å²) in [5.74, 6) is 0. The van der Waals surface area contributed by atoms with Crippen LogP contribution in [0, 0.1) is 0 Å². The van der Waals surface area contributed by atoms with Crippen molar-refractivity contribution in [2.45, 2.75) is 45.3 Å². The summed E-state index contributed by atoms with van der Waals surface area (Å²) >= 11 is 6.06. The second kappa shape index (κ2) is 4.32. The summed E-state index contributed by atoms with van der Waals surface area (Å²) in [5, 5.41) is 8.49. The summed E-state index contributed by atoms with van der Waals surface area (Å²) in [6.07, 6.45) is 5.44. The molecule has 0 amide bonds. The van der Waals surface area contributed by atoms with Gasteiger partial charge in [-0.25, -0.2) is 0 Å². The summed E-state index contributed by atoms with van der Waals surface area (Å²) in [6.45, 7) is 3.95. The predicted molar refractivity (Wildman–Crippen MR) is 57.4 cm³/mol. The fourth-order valence-corrected chi connectivity index (χ4v) is 1.70. The summed E-state index contributed by atoms with van der Waals surface area (Å²) in [5.41, 5.74) is 1.13. The van der Waals surface area contributed by atoms with Crippen molar-refractivity contribution in [3.8, 4) is 0 Å². The van der Waals surface area contributed by atoms with Crippen LogP contribution >= 0.6 is 11.6 Å². The van der Waals surface area contributed by atoms with E-state index in [-0.39, 0.29) is 0 Å². The summed E-state index contributed by atoms with van der Waals surface area (Å²) < 4.78 is 2.00. The zero-order chi connectivity index (χ0) is 9.97. The largest absolute Gasteiger partial charge is 0.308 e. The Bertz CT molecular complexity index is 304. The molecule has 14 heavy (non-hydrogen) atoms. The highest BCUT2D eigenvalue weighted by molar-refractivity contribution is 6.31. The van der Waals surface area contributed by atoms with Crippen molar-refractivity contribution in [3.05, 3.63) is 16.9 Å². The first-order valence-corrected chi connectivity index (χ1v) is 5.62. The molecule has 4 heteroatoms. The van der Waals surface area contributed by atoms with Crippen LogP contribution in [-0.4, -0.2) is 15.8 Å². The molecule has 1 N–H and O–H groups in total. The van der Waals surface area contributed by atoms with Crippen molar-refractivity contribution >= 4 is 11.6 Å². The van der Waals surface area contributed by atoms with Crippen LogP contribution in [0.2, 0.25) is 5.02 Å². The van der Waals surface area contributed by atoms with E-state index in [1.807, 2.05) is 4.68 Å². The lowest BCUT2D eigenvalue weighted by Gasteiger charge is -2.07. The van der Waals surface area contributed by atoms with E-state index in [0.717, 1.165) is 36.3 Å². The Hall–Kier alpha value is -0.540. The van der Waals surface area contributed by atoms with Gasteiger partial charge in [-0.15, -0.1) is 0 Å². The van der Waals surface area contributed by atoms with Gasteiger partial charge in [0.05, 0.1) is 16.9 Å². The van der Waals surface area contributed by atoms with Gasteiger partial charge in [0.2, 0.25) is 0 Å². The van der Waals surface area contributed by atoms with Gasteiger partial charge in [-0.05, 0) is 19.3 Å². The lowest BCUT2D eigenvalue weighted by molar-refractivity contribution is 0.548. The van der Waals surface area contributed by atoms with Crippen LogP contribution in [0.4, 0.5) is 0 Å². The molecular formula is C10H16ClN3. The number of hydrogen-bond acceptors (Lipinski definition) is 2. The highest BCUT2D eigenvalue weighted by Gasteiger charge is 2.21. The molecule has 1 saturated carbocycles. The van der Waals surface area contributed by atoms with Gasteiger partial charge >= 0.3 is 0 Å². The van der Waals surface area contributed by atoms with Gasteiger partial charge in [-0.1, -0.05) is 18.5 Å². The normalized spacial score (nSPS) is 16.1. The van der Waals surface area contributed by atoms with Gasteiger partial charge in [0.25, 0.3) is 0 Å². The minimum atomic E-state index is 0.719. The Labute approximate surface area is 89.4 Å². The van der Waals surface area contributed by atoms with Gasteiger partial charge in [0, 0.05) is 19.1 Å². The molecule has 1 aliphatic rings. The maximum Gasteiger partial charge on any atom is 0.0831 e. The van der Waals surface area contributed by atoms with E-state index in [9.17, 15) is 0 Å². The molecule has 3 nitrogen and oxygen atoms in total. The first-order valence-electron chi connectivity index (χ1n) is 5.25. The van der Waals surface area contributed by atoms with Crippen LogP contribution in [-0.2, 0) is 13.1 Å².